The molecular weight excluding hydrogens is 640 g/mol. The van der Waals surface area contributed by atoms with E-state index in [9.17, 15) is 17.4 Å². The number of hydrogen-bond donors (Lipinski definition) is 1. The quantitative estimate of drug-likeness (QED) is 0.228. The fourth-order valence-corrected chi connectivity index (χ4v) is 6.20. The van der Waals surface area contributed by atoms with E-state index < -0.39 is 59.7 Å². The zero-order valence-electron chi connectivity index (χ0n) is 23.2. The van der Waals surface area contributed by atoms with Crippen LogP contribution in [0, 0.1) is 11.6 Å². The lowest BCUT2D eigenvalue weighted by Gasteiger charge is -2.16. The maximum absolute atomic E-state index is 16.0. The van der Waals surface area contributed by atoms with Crippen LogP contribution in [0.15, 0.2) is 75.8 Å². The van der Waals surface area contributed by atoms with E-state index in [0.29, 0.717) is 11.3 Å². The van der Waals surface area contributed by atoms with Gasteiger partial charge in [-0.1, -0.05) is 23.7 Å². The summed E-state index contributed by atoms with van der Waals surface area (Å²) in [7, 11) is -3.46. The molecule has 0 aliphatic carbocycles. The molecule has 5 aromatic rings. The number of benzene rings is 2. The molecule has 3 aromatic heterocycles. The van der Waals surface area contributed by atoms with Gasteiger partial charge in [-0.25, -0.2) is 32.2 Å². The number of hydrogen-bond acceptors (Lipinski definition) is 9. The zero-order valence-corrected chi connectivity index (χ0v) is 25.6. The fourth-order valence-electron chi connectivity index (χ4n) is 4.35. The van der Waals surface area contributed by atoms with E-state index >= 15 is 8.78 Å². The molecule has 0 fully saturated rings. The first-order valence-electron chi connectivity index (χ1n) is 12.5. The van der Waals surface area contributed by atoms with Crippen molar-refractivity contribution in [2.75, 3.05) is 25.2 Å². The highest BCUT2D eigenvalue weighted by Crippen LogP contribution is 2.33. The Bertz CT molecular complexity index is 2110. The van der Waals surface area contributed by atoms with Crippen LogP contribution in [0.5, 0.6) is 11.6 Å². The van der Waals surface area contributed by atoms with Crippen molar-refractivity contribution in [1.29, 1.82) is 0 Å². The molecule has 0 amide bonds. The highest BCUT2D eigenvalue weighted by molar-refractivity contribution is 7.92. The summed E-state index contributed by atoms with van der Waals surface area (Å²) in [5, 5.41) is 0.131. The Morgan fingerprint density at radius 1 is 1.02 bits per heavy atom. The number of pyridine rings is 2. The first kappa shape index (κ1) is 31.0. The molecule has 228 valence electrons. The predicted molar refractivity (Wildman–Crippen MR) is 160 cm³/mol. The average Bonchev–Trinajstić information content (AvgIpc) is 3.00. The minimum Gasteiger partial charge on any atom is -0.497 e. The minimum absolute atomic E-state index is 0.0303. The molecule has 16 heteroatoms. The second kappa shape index (κ2) is 12.3. The van der Waals surface area contributed by atoms with E-state index in [0.717, 1.165) is 24.4 Å². The van der Waals surface area contributed by atoms with Gasteiger partial charge in [-0.15, -0.1) is 0 Å². The SMILES string of the molecule is COc1ccc(Cn2c(=O)c(-c3c(F)ccc(NS(=O)(=O)c4cc(Cl)cnc4OC)c3F)cc3cnc(S(C)=O)nc32)cc1. The highest BCUT2D eigenvalue weighted by Gasteiger charge is 2.27. The van der Waals surface area contributed by atoms with Crippen LogP contribution in [0.3, 0.4) is 0 Å². The molecule has 0 radical (unpaired) electrons. The molecule has 3 heterocycles. The van der Waals surface area contributed by atoms with E-state index in [-0.39, 0.29) is 33.6 Å². The van der Waals surface area contributed by atoms with Crippen molar-refractivity contribution in [3.8, 4) is 22.8 Å². The lowest BCUT2D eigenvalue weighted by molar-refractivity contribution is 0.385. The van der Waals surface area contributed by atoms with Crippen LogP contribution in [-0.4, -0.2) is 52.6 Å². The van der Waals surface area contributed by atoms with Gasteiger partial charge in [0, 0.05) is 24.0 Å². The molecule has 0 saturated heterocycles. The molecule has 1 unspecified atom stereocenters. The summed E-state index contributed by atoms with van der Waals surface area (Å²) in [5.41, 5.74) is -2.03. The van der Waals surface area contributed by atoms with Gasteiger partial charge in [-0.2, -0.15) is 0 Å². The normalized spacial score (nSPS) is 12.2. The van der Waals surface area contributed by atoms with Crippen molar-refractivity contribution in [2.45, 2.75) is 16.6 Å². The number of ether oxygens (including phenoxy) is 2. The van der Waals surface area contributed by atoms with E-state index in [4.69, 9.17) is 21.1 Å². The molecule has 1 N–H and O–H groups in total. The predicted octanol–water partition coefficient (Wildman–Crippen LogP) is 4.39. The number of methoxy groups -OCH3 is 2. The monoisotopic (exact) mass is 661 g/mol. The summed E-state index contributed by atoms with van der Waals surface area (Å²) < 4.78 is 83.3. The van der Waals surface area contributed by atoms with Gasteiger partial charge in [0.2, 0.25) is 11.0 Å². The topological polar surface area (TPSA) is 142 Å². The van der Waals surface area contributed by atoms with E-state index in [1.165, 1.54) is 37.3 Å². The number of nitrogens with zero attached hydrogens (tertiary/aromatic N) is 4. The van der Waals surface area contributed by atoms with Crippen LogP contribution in [0.4, 0.5) is 14.5 Å². The Balaban J connectivity index is 1.69. The van der Waals surface area contributed by atoms with Crippen LogP contribution in [0.2, 0.25) is 5.02 Å². The van der Waals surface area contributed by atoms with E-state index in [1.54, 1.807) is 24.3 Å². The summed E-state index contributed by atoms with van der Waals surface area (Å²) in [6.07, 6.45) is 3.82. The molecule has 44 heavy (non-hydrogen) atoms. The summed E-state index contributed by atoms with van der Waals surface area (Å²) in [6, 6.07) is 10.7. The highest BCUT2D eigenvalue weighted by atomic mass is 35.5. The smallest absolute Gasteiger partial charge is 0.267 e. The zero-order chi connectivity index (χ0) is 31.8. The van der Waals surface area contributed by atoms with Gasteiger partial charge in [-0.05, 0) is 42.0 Å². The van der Waals surface area contributed by atoms with Gasteiger partial charge in [-0.3, -0.25) is 18.3 Å². The molecule has 11 nitrogen and oxygen atoms in total. The molecule has 5 rings (SSSR count). The summed E-state index contributed by atoms with van der Waals surface area (Å²) in [6.45, 7) is -0.0862. The summed E-state index contributed by atoms with van der Waals surface area (Å²) >= 11 is 5.92. The van der Waals surface area contributed by atoms with Gasteiger partial charge >= 0.3 is 0 Å². The van der Waals surface area contributed by atoms with Gasteiger partial charge in [0.05, 0.1) is 53.4 Å². The Morgan fingerprint density at radius 2 is 1.75 bits per heavy atom. The third-order valence-corrected chi connectivity index (χ3v) is 8.71. The average molecular weight is 662 g/mol. The summed E-state index contributed by atoms with van der Waals surface area (Å²) in [5.74, 6) is -2.23. The molecule has 1 atom stereocenters. The van der Waals surface area contributed by atoms with Gasteiger partial charge in [0.15, 0.2) is 10.7 Å². The van der Waals surface area contributed by atoms with Crippen LogP contribution in [0.1, 0.15) is 5.56 Å². The summed E-state index contributed by atoms with van der Waals surface area (Å²) in [4.78, 5) is 25.6. The Kier molecular flexibility index (Phi) is 8.63. The fraction of sp³-hybridized carbons (Fsp3) is 0.143. The lowest BCUT2D eigenvalue weighted by Crippen LogP contribution is -2.25. The van der Waals surface area contributed by atoms with Gasteiger partial charge in [0.1, 0.15) is 17.2 Å². The lowest BCUT2D eigenvalue weighted by atomic mass is 10.0. The number of anilines is 1. The molecule has 0 spiro atoms. The largest absolute Gasteiger partial charge is 0.497 e. The number of halogens is 3. The second-order valence-electron chi connectivity index (χ2n) is 9.23. The molecule has 0 aliphatic rings. The van der Waals surface area contributed by atoms with Crippen molar-refractivity contribution in [1.82, 2.24) is 19.5 Å². The number of nitrogens with one attached hydrogen (secondary N) is 1. The maximum atomic E-state index is 16.0. The number of aromatic nitrogens is 4. The van der Waals surface area contributed by atoms with Crippen molar-refractivity contribution in [3.05, 3.63) is 93.5 Å². The van der Waals surface area contributed by atoms with Gasteiger partial charge < -0.3 is 9.47 Å². The third kappa shape index (κ3) is 5.98. The van der Waals surface area contributed by atoms with E-state index in [1.807, 2.05) is 0 Å². The molecule has 2 aromatic carbocycles. The van der Waals surface area contributed by atoms with Crippen molar-refractivity contribution < 1.29 is 30.9 Å². The molecule has 0 aliphatic heterocycles. The Hall–Kier alpha value is -4.47. The number of sulfonamides is 1. The van der Waals surface area contributed by atoms with Crippen LogP contribution >= 0.6 is 11.6 Å². The molecular formula is C28H22ClF2N5O6S2. The second-order valence-corrected chi connectivity index (χ2v) is 12.6. The molecule has 0 saturated carbocycles. The van der Waals surface area contributed by atoms with Crippen molar-refractivity contribution in [2.24, 2.45) is 0 Å². The minimum atomic E-state index is -4.55. The first-order chi connectivity index (χ1) is 20.9. The molecule has 0 bridgehead atoms. The Morgan fingerprint density at radius 3 is 2.41 bits per heavy atom. The van der Waals surface area contributed by atoms with Crippen LogP contribution in [0.25, 0.3) is 22.2 Å². The first-order valence-corrected chi connectivity index (χ1v) is 15.9. The number of rotatable bonds is 9. The van der Waals surface area contributed by atoms with E-state index in [2.05, 4.69) is 19.7 Å². The standard InChI is InChI=1S/C28H22ClF2N5O6S2/c1-41-18-6-4-15(5-7-18)14-36-25-16(12-33-28(34-25)43(3)38)10-19(27(36)37)23-20(30)8-9-21(24(23)31)35-44(39,40)22-11-17(29)13-32-26(22)42-2/h4-13,35H,14H2,1-3H3. The van der Waals surface area contributed by atoms with Crippen molar-refractivity contribution in [3.63, 3.8) is 0 Å². The van der Waals surface area contributed by atoms with Crippen molar-refractivity contribution >= 4 is 49.1 Å². The third-order valence-electron chi connectivity index (χ3n) is 6.43. The number of fused-ring (bicyclic) bond motifs is 1. The Labute approximate surface area is 257 Å². The van der Waals surface area contributed by atoms with Gasteiger partial charge in [0.25, 0.3) is 15.6 Å². The maximum Gasteiger partial charge on any atom is 0.267 e. The van der Waals surface area contributed by atoms with Crippen LogP contribution in [-0.2, 0) is 27.4 Å². The van der Waals surface area contributed by atoms with Crippen LogP contribution < -0.4 is 19.8 Å².